The van der Waals surface area contributed by atoms with Crippen LogP contribution in [0.25, 0.3) is 0 Å². The van der Waals surface area contributed by atoms with E-state index in [2.05, 4.69) is 81.9 Å². The summed E-state index contributed by atoms with van der Waals surface area (Å²) in [5, 5.41) is 12.3. The molecule has 5 nitrogen and oxygen atoms in total. The lowest BCUT2D eigenvalue weighted by molar-refractivity contribution is 0.164. The van der Waals surface area contributed by atoms with Crippen LogP contribution in [0.3, 0.4) is 0 Å². The Labute approximate surface area is 141 Å². The summed E-state index contributed by atoms with van der Waals surface area (Å²) in [6.07, 6.45) is 1.05. The van der Waals surface area contributed by atoms with E-state index in [1.54, 1.807) is 0 Å². The molecule has 1 aliphatic rings. The van der Waals surface area contributed by atoms with Crippen LogP contribution >= 0.6 is 0 Å². The number of benzene rings is 2. The summed E-state index contributed by atoms with van der Waals surface area (Å²) in [7, 11) is 0. The van der Waals surface area contributed by atoms with E-state index in [0.29, 0.717) is 0 Å². The van der Waals surface area contributed by atoms with Crippen LogP contribution in [0.4, 0.5) is 0 Å². The molecule has 0 saturated carbocycles. The van der Waals surface area contributed by atoms with E-state index in [-0.39, 0.29) is 6.04 Å². The normalized spacial score (nSPS) is 17.6. The van der Waals surface area contributed by atoms with Crippen LogP contribution < -0.4 is 0 Å². The Hall–Kier alpha value is -2.53. The van der Waals surface area contributed by atoms with Gasteiger partial charge in [0.15, 0.2) is 5.82 Å². The molecule has 0 amide bonds. The monoisotopic (exact) mass is 319 g/mol. The number of fused-ring (bicyclic) bond motifs is 1. The van der Waals surface area contributed by atoms with E-state index in [9.17, 15) is 0 Å². The highest BCUT2D eigenvalue weighted by molar-refractivity contribution is 5.30. The second kappa shape index (κ2) is 6.53. The Morgan fingerprint density at radius 2 is 1.75 bits per heavy atom. The zero-order valence-electron chi connectivity index (χ0n) is 13.8. The maximum absolute atomic E-state index is 4.31. The molecule has 0 radical (unpaired) electrons. The van der Waals surface area contributed by atoms with Gasteiger partial charge < -0.3 is 0 Å². The zero-order chi connectivity index (χ0) is 16.4. The Balaban J connectivity index is 1.69. The molecule has 0 N–H and O–H groups in total. The van der Waals surface area contributed by atoms with Crippen molar-refractivity contribution in [2.75, 3.05) is 6.54 Å². The number of hydrogen-bond acceptors (Lipinski definition) is 4. The summed E-state index contributed by atoms with van der Waals surface area (Å²) in [6, 6.07) is 19.5. The Morgan fingerprint density at radius 1 is 0.958 bits per heavy atom. The minimum Gasteiger partial charge on any atom is -0.284 e. The molecule has 0 fully saturated rings. The Bertz CT molecular complexity index is 794. The smallest absolute Gasteiger partial charge is 0.173 e. The lowest BCUT2D eigenvalue weighted by Gasteiger charge is -2.35. The van der Waals surface area contributed by atoms with Crippen molar-refractivity contribution < 1.29 is 0 Å². The third-order valence-corrected chi connectivity index (χ3v) is 4.70. The van der Waals surface area contributed by atoms with Crippen molar-refractivity contribution >= 4 is 0 Å². The van der Waals surface area contributed by atoms with Gasteiger partial charge in [-0.1, -0.05) is 61.5 Å². The molecule has 24 heavy (non-hydrogen) atoms. The molecule has 1 aromatic heterocycles. The molecule has 122 valence electrons. The fourth-order valence-electron chi connectivity index (χ4n) is 3.37. The van der Waals surface area contributed by atoms with Crippen molar-refractivity contribution in [1.82, 2.24) is 25.1 Å². The first kappa shape index (κ1) is 15.0. The van der Waals surface area contributed by atoms with Crippen LogP contribution in [-0.4, -0.2) is 31.7 Å². The number of aryl methyl sites for hydroxylation is 1. The fourth-order valence-corrected chi connectivity index (χ4v) is 3.37. The summed E-state index contributed by atoms with van der Waals surface area (Å²) in [5.41, 5.74) is 3.91. The lowest BCUT2D eigenvalue weighted by Crippen LogP contribution is -2.38. The number of hydrogen-bond donors (Lipinski definition) is 0. The van der Waals surface area contributed by atoms with Crippen molar-refractivity contribution in [3.63, 3.8) is 0 Å². The van der Waals surface area contributed by atoms with Gasteiger partial charge in [0.2, 0.25) is 0 Å². The van der Waals surface area contributed by atoms with Gasteiger partial charge in [-0.05, 0) is 33.5 Å². The molecule has 0 aliphatic carbocycles. The molecule has 1 atom stereocenters. The quantitative estimate of drug-likeness (QED) is 0.742. The molecule has 0 saturated heterocycles. The Kier molecular flexibility index (Phi) is 4.09. The van der Waals surface area contributed by atoms with Gasteiger partial charge in [0.25, 0.3) is 0 Å². The van der Waals surface area contributed by atoms with E-state index in [1.807, 2.05) is 4.68 Å². The average Bonchev–Trinajstić information content (AvgIpc) is 3.11. The van der Waals surface area contributed by atoms with Crippen molar-refractivity contribution in [3.8, 4) is 0 Å². The topological polar surface area (TPSA) is 46.8 Å². The number of tetrazole rings is 1. The van der Waals surface area contributed by atoms with E-state index in [1.165, 1.54) is 16.7 Å². The molecular formula is C19H21N5. The lowest BCUT2D eigenvalue weighted by atomic mass is 10.00. The molecule has 4 rings (SSSR count). The van der Waals surface area contributed by atoms with E-state index in [0.717, 1.165) is 31.9 Å². The summed E-state index contributed by atoms with van der Waals surface area (Å²) in [6.45, 7) is 4.84. The molecule has 2 aromatic carbocycles. The third kappa shape index (κ3) is 2.83. The highest BCUT2D eigenvalue weighted by atomic mass is 15.6. The predicted octanol–water partition coefficient (Wildman–Crippen LogP) is 2.84. The zero-order valence-corrected chi connectivity index (χ0v) is 13.8. The van der Waals surface area contributed by atoms with Crippen LogP contribution in [0.1, 0.15) is 35.5 Å². The van der Waals surface area contributed by atoms with Crippen LogP contribution in [0.5, 0.6) is 0 Å². The fraction of sp³-hybridized carbons (Fsp3) is 0.316. The second-order valence-electron chi connectivity index (χ2n) is 6.21. The van der Waals surface area contributed by atoms with Crippen LogP contribution in [0.15, 0.2) is 54.6 Å². The van der Waals surface area contributed by atoms with Gasteiger partial charge in [-0.3, -0.25) is 4.90 Å². The Morgan fingerprint density at radius 3 is 2.50 bits per heavy atom. The average molecular weight is 319 g/mol. The van der Waals surface area contributed by atoms with E-state index >= 15 is 0 Å². The van der Waals surface area contributed by atoms with Crippen molar-refractivity contribution in [2.45, 2.75) is 32.5 Å². The second-order valence-corrected chi connectivity index (χ2v) is 6.21. The van der Waals surface area contributed by atoms with Crippen molar-refractivity contribution in [2.24, 2.45) is 0 Å². The van der Waals surface area contributed by atoms with Gasteiger partial charge >= 0.3 is 0 Å². The van der Waals surface area contributed by atoms with Crippen molar-refractivity contribution in [1.29, 1.82) is 0 Å². The first-order valence-corrected chi connectivity index (χ1v) is 8.48. The van der Waals surface area contributed by atoms with Gasteiger partial charge in [0, 0.05) is 13.1 Å². The van der Waals surface area contributed by atoms with Crippen LogP contribution in [0.2, 0.25) is 0 Å². The van der Waals surface area contributed by atoms with Gasteiger partial charge in [-0.15, -0.1) is 5.10 Å². The highest BCUT2D eigenvalue weighted by Crippen LogP contribution is 2.31. The van der Waals surface area contributed by atoms with Gasteiger partial charge in [-0.2, -0.15) is 0 Å². The van der Waals surface area contributed by atoms with E-state index in [4.69, 9.17) is 0 Å². The van der Waals surface area contributed by atoms with Gasteiger partial charge in [0.05, 0.1) is 12.6 Å². The maximum atomic E-state index is 4.31. The van der Waals surface area contributed by atoms with Crippen LogP contribution in [-0.2, 0) is 19.5 Å². The number of aromatic nitrogens is 4. The SMILES string of the molecule is CCc1ccc([C@H]2c3nnnn3CCN2Cc2ccccc2)cc1. The molecule has 5 heteroatoms. The van der Waals surface area contributed by atoms with Crippen LogP contribution in [0, 0.1) is 0 Å². The third-order valence-electron chi connectivity index (χ3n) is 4.70. The molecule has 0 unspecified atom stereocenters. The largest absolute Gasteiger partial charge is 0.284 e. The molecular weight excluding hydrogens is 298 g/mol. The summed E-state index contributed by atoms with van der Waals surface area (Å²) >= 11 is 0. The van der Waals surface area contributed by atoms with E-state index < -0.39 is 0 Å². The molecule has 2 heterocycles. The van der Waals surface area contributed by atoms with Gasteiger partial charge in [-0.25, -0.2) is 4.68 Å². The highest BCUT2D eigenvalue weighted by Gasteiger charge is 2.31. The maximum Gasteiger partial charge on any atom is 0.173 e. The molecule has 1 aliphatic heterocycles. The summed E-state index contributed by atoms with van der Waals surface area (Å²) in [5.74, 6) is 0.932. The first-order chi connectivity index (χ1) is 11.8. The number of nitrogens with zero attached hydrogens (tertiary/aromatic N) is 5. The van der Waals surface area contributed by atoms with Gasteiger partial charge in [0.1, 0.15) is 0 Å². The number of rotatable bonds is 4. The van der Waals surface area contributed by atoms with Crippen molar-refractivity contribution in [3.05, 3.63) is 77.1 Å². The standard InChI is InChI=1S/C19H21N5/c1-2-15-8-10-17(11-9-15)18-19-20-21-22-24(19)13-12-23(18)14-16-6-4-3-5-7-16/h3-11,18H,2,12-14H2,1H3/t18-/m0/s1. The molecule has 0 bridgehead atoms. The predicted molar refractivity (Wildman–Crippen MR) is 92.3 cm³/mol. The summed E-state index contributed by atoms with van der Waals surface area (Å²) < 4.78 is 1.93. The minimum absolute atomic E-state index is 0.0971. The minimum atomic E-state index is 0.0971. The molecule has 3 aromatic rings. The molecule has 0 spiro atoms. The summed E-state index contributed by atoms with van der Waals surface area (Å²) in [4.78, 5) is 2.46. The first-order valence-electron chi connectivity index (χ1n) is 8.48.